The third kappa shape index (κ3) is 3.78. The predicted molar refractivity (Wildman–Crippen MR) is 53.5 cm³/mol. The SMILES string of the molecule is CCc1nc(CSCC(C)N)no1. The van der Waals surface area contributed by atoms with Crippen LogP contribution in [0.3, 0.4) is 0 Å². The molecule has 0 saturated carbocycles. The Morgan fingerprint density at radius 3 is 2.92 bits per heavy atom. The van der Waals surface area contributed by atoms with E-state index in [1.807, 2.05) is 13.8 Å². The fourth-order valence-corrected chi connectivity index (χ4v) is 1.62. The lowest BCUT2D eigenvalue weighted by molar-refractivity contribution is 0.378. The molecule has 0 bridgehead atoms. The van der Waals surface area contributed by atoms with Crippen LogP contribution >= 0.6 is 11.8 Å². The van der Waals surface area contributed by atoms with Crippen LogP contribution in [0.1, 0.15) is 25.6 Å². The fourth-order valence-electron chi connectivity index (χ4n) is 0.828. The maximum Gasteiger partial charge on any atom is 0.226 e. The molecule has 1 aromatic heterocycles. The average molecular weight is 201 g/mol. The lowest BCUT2D eigenvalue weighted by Crippen LogP contribution is -2.17. The summed E-state index contributed by atoms with van der Waals surface area (Å²) in [5.74, 6) is 3.18. The van der Waals surface area contributed by atoms with E-state index in [0.717, 1.165) is 23.8 Å². The molecule has 0 radical (unpaired) electrons. The van der Waals surface area contributed by atoms with Crippen LogP contribution < -0.4 is 5.73 Å². The second-order valence-electron chi connectivity index (χ2n) is 2.95. The normalized spacial score (nSPS) is 13.2. The van der Waals surface area contributed by atoms with Gasteiger partial charge in [-0.2, -0.15) is 16.7 Å². The van der Waals surface area contributed by atoms with Gasteiger partial charge < -0.3 is 10.3 Å². The summed E-state index contributed by atoms with van der Waals surface area (Å²) in [7, 11) is 0. The Morgan fingerprint density at radius 2 is 2.38 bits per heavy atom. The van der Waals surface area contributed by atoms with E-state index in [4.69, 9.17) is 10.3 Å². The van der Waals surface area contributed by atoms with Gasteiger partial charge in [0.05, 0.1) is 5.75 Å². The van der Waals surface area contributed by atoms with E-state index in [9.17, 15) is 0 Å². The first-order valence-electron chi connectivity index (χ1n) is 4.37. The quantitative estimate of drug-likeness (QED) is 0.775. The molecule has 1 unspecified atom stereocenters. The van der Waals surface area contributed by atoms with Crippen molar-refractivity contribution in [2.45, 2.75) is 32.1 Å². The van der Waals surface area contributed by atoms with Crippen molar-refractivity contribution in [2.75, 3.05) is 5.75 Å². The van der Waals surface area contributed by atoms with Crippen LogP contribution in [0.25, 0.3) is 0 Å². The molecule has 0 aliphatic heterocycles. The molecule has 1 aromatic rings. The Kier molecular flexibility index (Phi) is 4.24. The molecule has 0 aromatic carbocycles. The van der Waals surface area contributed by atoms with Crippen LogP contribution in [0.5, 0.6) is 0 Å². The summed E-state index contributed by atoms with van der Waals surface area (Å²) in [4.78, 5) is 4.19. The van der Waals surface area contributed by atoms with Gasteiger partial charge >= 0.3 is 0 Å². The zero-order valence-electron chi connectivity index (χ0n) is 7.99. The molecule has 0 aliphatic rings. The second-order valence-corrected chi connectivity index (χ2v) is 3.98. The molecule has 1 atom stereocenters. The Balaban J connectivity index is 2.28. The van der Waals surface area contributed by atoms with E-state index in [1.54, 1.807) is 11.8 Å². The molecule has 0 spiro atoms. The highest BCUT2D eigenvalue weighted by molar-refractivity contribution is 7.98. The third-order valence-corrected chi connectivity index (χ3v) is 2.65. The first kappa shape index (κ1) is 10.5. The van der Waals surface area contributed by atoms with Crippen LogP contribution in [0.15, 0.2) is 4.52 Å². The van der Waals surface area contributed by atoms with Crippen molar-refractivity contribution in [2.24, 2.45) is 5.73 Å². The molecule has 0 fully saturated rings. The van der Waals surface area contributed by atoms with Gasteiger partial charge in [0, 0.05) is 18.2 Å². The highest BCUT2D eigenvalue weighted by atomic mass is 32.2. The van der Waals surface area contributed by atoms with Gasteiger partial charge in [-0.25, -0.2) is 0 Å². The molecule has 74 valence electrons. The monoisotopic (exact) mass is 201 g/mol. The highest BCUT2D eigenvalue weighted by Crippen LogP contribution is 2.09. The van der Waals surface area contributed by atoms with Gasteiger partial charge in [-0.15, -0.1) is 0 Å². The Hall–Kier alpha value is -0.550. The van der Waals surface area contributed by atoms with Gasteiger partial charge in [-0.3, -0.25) is 0 Å². The first-order chi connectivity index (χ1) is 6.22. The van der Waals surface area contributed by atoms with Gasteiger partial charge in [0.15, 0.2) is 5.82 Å². The highest BCUT2D eigenvalue weighted by Gasteiger charge is 2.04. The van der Waals surface area contributed by atoms with E-state index in [-0.39, 0.29) is 6.04 Å². The van der Waals surface area contributed by atoms with Crippen molar-refractivity contribution in [3.63, 3.8) is 0 Å². The minimum Gasteiger partial charge on any atom is -0.339 e. The minimum atomic E-state index is 0.225. The van der Waals surface area contributed by atoms with Gasteiger partial charge in [-0.1, -0.05) is 12.1 Å². The largest absolute Gasteiger partial charge is 0.339 e. The molecule has 0 amide bonds. The summed E-state index contributed by atoms with van der Waals surface area (Å²) >= 11 is 1.73. The van der Waals surface area contributed by atoms with E-state index in [2.05, 4.69) is 10.1 Å². The second kappa shape index (κ2) is 5.24. The number of thioether (sulfide) groups is 1. The Labute approximate surface area is 82.3 Å². The number of nitrogens with two attached hydrogens (primary N) is 1. The molecule has 0 saturated heterocycles. The molecule has 13 heavy (non-hydrogen) atoms. The van der Waals surface area contributed by atoms with Gasteiger partial charge in [0.25, 0.3) is 0 Å². The van der Waals surface area contributed by atoms with Crippen LogP contribution in [0, 0.1) is 0 Å². The molecule has 1 heterocycles. The van der Waals surface area contributed by atoms with Crippen LogP contribution in [0.2, 0.25) is 0 Å². The van der Waals surface area contributed by atoms with E-state index in [0.29, 0.717) is 5.89 Å². The number of aromatic nitrogens is 2. The van der Waals surface area contributed by atoms with Crippen molar-refractivity contribution in [3.8, 4) is 0 Å². The zero-order valence-corrected chi connectivity index (χ0v) is 8.80. The Morgan fingerprint density at radius 1 is 1.62 bits per heavy atom. The molecular formula is C8H15N3OS. The lowest BCUT2D eigenvalue weighted by atomic mass is 10.4. The van der Waals surface area contributed by atoms with Crippen molar-refractivity contribution >= 4 is 11.8 Å². The van der Waals surface area contributed by atoms with Crippen molar-refractivity contribution < 1.29 is 4.52 Å². The van der Waals surface area contributed by atoms with Gasteiger partial charge in [0.1, 0.15) is 0 Å². The van der Waals surface area contributed by atoms with Crippen molar-refractivity contribution in [1.82, 2.24) is 10.1 Å². The average Bonchev–Trinajstić information content (AvgIpc) is 2.52. The Bertz CT molecular complexity index is 249. The zero-order chi connectivity index (χ0) is 9.68. The summed E-state index contributed by atoms with van der Waals surface area (Å²) in [6.07, 6.45) is 0.797. The van der Waals surface area contributed by atoms with Crippen LogP contribution in [-0.4, -0.2) is 21.9 Å². The molecule has 4 nitrogen and oxygen atoms in total. The fraction of sp³-hybridized carbons (Fsp3) is 0.750. The lowest BCUT2D eigenvalue weighted by Gasteiger charge is -2.00. The molecule has 0 aliphatic carbocycles. The van der Waals surface area contributed by atoms with E-state index >= 15 is 0 Å². The number of aryl methyl sites for hydroxylation is 1. The van der Waals surface area contributed by atoms with Crippen molar-refractivity contribution in [1.29, 1.82) is 0 Å². The maximum absolute atomic E-state index is 5.60. The minimum absolute atomic E-state index is 0.225. The van der Waals surface area contributed by atoms with Crippen LogP contribution in [0.4, 0.5) is 0 Å². The summed E-state index contributed by atoms with van der Waals surface area (Å²) < 4.78 is 4.97. The summed E-state index contributed by atoms with van der Waals surface area (Å²) in [6.45, 7) is 3.98. The summed E-state index contributed by atoms with van der Waals surface area (Å²) in [5, 5.41) is 3.84. The van der Waals surface area contributed by atoms with Crippen molar-refractivity contribution in [3.05, 3.63) is 11.7 Å². The van der Waals surface area contributed by atoms with Gasteiger partial charge in [0.2, 0.25) is 5.89 Å². The van der Waals surface area contributed by atoms with E-state index < -0.39 is 0 Å². The number of hydrogen-bond donors (Lipinski definition) is 1. The summed E-state index contributed by atoms with van der Waals surface area (Å²) in [5.41, 5.74) is 5.60. The molecule has 2 N–H and O–H groups in total. The molecular weight excluding hydrogens is 186 g/mol. The summed E-state index contributed by atoms with van der Waals surface area (Å²) in [6, 6.07) is 0.225. The smallest absolute Gasteiger partial charge is 0.226 e. The first-order valence-corrected chi connectivity index (χ1v) is 5.52. The molecule has 1 rings (SSSR count). The maximum atomic E-state index is 5.60. The molecule has 5 heteroatoms. The van der Waals surface area contributed by atoms with E-state index in [1.165, 1.54) is 0 Å². The third-order valence-electron chi connectivity index (χ3n) is 1.42. The van der Waals surface area contributed by atoms with Crippen LogP contribution in [-0.2, 0) is 12.2 Å². The topological polar surface area (TPSA) is 64.9 Å². The number of hydrogen-bond acceptors (Lipinski definition) is 5. The standard InChI is InChI=1S/C8H15N3OS/c1-3-8-10-7(11-12-8)5-13-4-6(2)9/h6H,3-5,9H2,1-2H3. The van der Waals surface area contributed by atoms with Gasteiger partial charge in [-0.05, 0) is 6.92 Å². The number of rotatable bonds is 5. The predicted octanol–water partition coefficient (Wildman–Crippen LogP) is 1.21. The number of nitrogens with zero attached hydrogens (tertiary/aromatic N) is 2.